The predicted molar refractivity (Wildman–Crippen MR) is 45.6 cm³/mol. The van der Waals surface area contributed by atoms with Gasteiger partial charge in [-0.05, 0) is 19.1 Å². The molecule has 0 saturated heterocycles. The van der Waals surface area contributed by atoms with E-state index in [1.165, 1.54) is 18.4 Å². The van der Waals surface area contributed by atoms with Crippen molar-refractivity contribution in [3.05, 3.63) is 14.5 Å². The highest BCUT2D eigenvalue weighted by Crippen LogP contribution is 2.13. The third kappa shape index (κ3) is 1.66. The van der Waals surface area contributed by atoms with Crippen molar-refractivity contribution in [3.8, 4) is 0 Å². The van der Waals surface area contributed by atoms with Crippen LogP contribution in [0.4, 0.5) is 0 Å². The molecule has 0 aliphatic rings. The lowest BCUT2D eigenvalue weighted by molar-refractivity contribution is 0.0594. The summed E-state index contributed by atoms with van der Waals surface area (Å²) < 4.78 is 5.12. The Labute approximate surface area is 73.0 Å². The lowest BCUT2D eigenvalue weighted by atomic mass is 10.4. The Morgan fingerprint density at radius 1 is 1.73 bits per heavy atom. The minimum atomic E-state index is -0.366. The van der Waals surface area contributed by atoms with Gasteiger partial charge in [0.1, 0.15) is 5.69 Å². The van der Waals surface area contributed by atoms with Gasteiger partial charge in [0.25, 0.3) is 0 Å². The third-order valence-corrected chi connectivity index (χ3v) is 2.36. The van der Waals surface area contributed by atoms with Crippen LogP contribution in [-0.2, 0) is 4.74 Å². The van der Waals surface area contributed by atoms with E-state index in [0.29, 0.717) is 9.65 Å². The number of hydrogen-bond donors (Lipinski definition) is 1. The molecule has 0 bridgehead atoms. The first-order valence-electron chi connectivity index (χ1n) is 2.93. The number of H-pyrrole nitrogens is 1. The number of ether oxygens (including phenoxy) is 1. The van der Waals surface area contributed by atoms with Gasteiger partial charge in [0, 0.05) is 4.88 Å². The summed E-state index contributed by atoms with van der Waals surface area (Å²) in [5.74, 6) is -0.366. The average Bonchev–Trinajstić information content (AvgIpc) is 2.28. The van der Waals surface area contributed by atoms with Crippen LogP contribution >= 0.6 is 23.6 Å². The number of aryl methyl sites for hydroxylation is 1. The molecule has 1 aromatic heterocycles. The Balaban J connectivity index is 3.13. The minimum absolute atomic E-state index is 0.366. The maximum absolute atomic E-state index is 11.0. The molecule has 0 atom stereocenters. The number of methoxy groups -OCH3 is 1. The summed E-state index contributed by atoms with van der Waals surface area (Å²) in [5.41, 5.74) is 0.461. The Morgan fingerprint density at radius 2 is 2.36 bits per heavy atom. The standard InChI is InChI=1S/C6H7NO2S2/c1-3-4(5(8)9-2)7-6(10)11-3/h1-2H3,(H,7,10). The van der Waals surface area contributed by atoms with Crippen LogP contribution in [0.15, 0.2) is 0 Å². The number of aromatic amines is 1. The van der Waals surface area contributed by atoms with Gasteiger partial charge in [-0.1, -0.05) is 0 Å². The fourth-order valence-corrected chi connectivity index (χ4v) is 1.85. The summed E-state index contributed by atoms with van der Waals surface area (Å²) in [4.78, 5) is 14.6. The Bertz CT molecular complexity index is 326. The van der Waals surface area contributed by atoms with E-state index in [4.69, 9.17) is 12.2 Å². The van der Waals surface area contributed by atoms with Crippen molar-refractivity contribution in [2.75, 3.05) is 7.11 Å². The maximum Gasteiger partial charge on any atom is 0.355 e. The van der Waals surface area contributed by atoms with Gasteiger partial charge in [0.15, 0.2) is 3.95 Å². The van der Waals surface area contributed by atoms with E-state index in [0.717, 1.165) is 4.88 Å². The van der Waals surface area contributed by atoms with Crippen molar-refractivity contribution in [2.45, 2.75) is 6.92 Å². The molecule has 3 nitrogen and oxygen atoms in total. The van der Waals surface area contributed by atoms with Crippen molar-refractivity contribution in [1.29, 1.82) is 0 Å². The smallest absolute Gasteiger partial charge is 0.355 e. The minimum Gasteiger partial charge on any atom is -0.464 e. The van der Waals surface area contributed by atoms with Crippen LogP contribution < -0.4 is 0 Å². The number of rotatable bonds is 1. The largest absolute Gasteiger partial charge is 0.464 e. The number of carbonyl (C=O) groups excluding carboxylic acids is 1. The zero-order valence-electron chi connectivity index (χ0n) is 6.13. The summed E-state index contributed by atoms with van der Waals surface area (Å²) in [6, 6.07) is 0. The molecule has 11 heavy (non-hydrogen) atoms. The number of aromatic nitrogens is 1. The molecule has 0 fully saturated rings. The fraction of sp³-hybridized carbons (Fsp3) is 0.333. The third-order valence-electron chi connectivity index (χ3n) is 1.21. The SMILES string of the molecule is COC(=O)c1[nH]c(=S)sc1C. The molecule has 0 aromatic carbocycles. The molecule has 0 spiro atoms. The Hall–Kier alpha value is -0.680. The molecule has 1 aromatic rings. The average molecular weight is 189 g/mol. The molecular weight excluding hydrogens is 182 g/mol. The van der Waals surface area contributed by atoms with Crippen molar-refractivity contribution in [1.82, 2.24) is 4.98 Å². The Kier molecular flexibility index (Phi) is 2.41. The molecule has 1 N–H and O–H groups in total. The number of esters is 1. The van der Waals surface area contributed by atoms with E-state index in [-0.39, 0.29) is 5.97 Å². The van der Waals surface area contributed by atoms with Gasteiger partial charge in [-0.15, -0.1) is 11.3 Å². The molecule has 0 saturated carbocycles. The van der Waals surface area contributed by atoms with Gasteiger partial charge in [-0.25, -0.2) is 4.79 Å². The first kappa shape index (κ1) is 8.42. The summed E-state index contributed by atoms with van der Waals surface area (Å²) in [5, 5.41) is 0. The van der Waals surface area contributed by atoms with E-state index < -0.39 is 0 Å². The monoisotopic (exact) mass is 189 g/mol. The summed E-state index contributed by atoms with van der Waals surface area (Å²) in [7, 11) is 1.34. The molecule has 0 amide bonds. The van der Waals surface area contributed by atoms with Gasteiger partial charge in [0.05, 0.1) is 7.11 Å². The molecule has 1 heterocycles. The van der Waals surface area contributed by atoms with Crippen LogP contribution in [0.3, 0.4) is 0 Å². The molecule has 0 aliphatic carbocycles. The molecule has 60 valence electrons. The van der Waals surface area contributed by atoms with Gasteiger partial charge in [-0.2, -0.15) is 0 Å². The molecular formula is C6H7NO2S2. The molecule has 0 aliphatic heterocycles. The molecule has 5 heteroatoms. The second kappa shape index (κ2) is 3.15. The second-order valence-electron chi connectivity index (χ2n) is 1.94. The van der Waals surface area contributed by atoms with Crippen molar-refractivity contribution < 1.29 is 9.53 Å². The van der Waals surface area contributed by atoms with Crippen LogP contribution in [0, 0.1) is 10.9 Å². The van der Waals surface area contributed by atoms with Crippen molar-refractivity contribution >= 4 is 29.5 Å². The normalized spacial score (nSPS) is 9.64. The quantitative estimate of drug-likeness (QED) is 0.542. The molecule has 0 radical (unpaired) electrons. The zero-order valence-corrected chi connectivity index (χ0v) is 7.77. The van der Waals surface area contributed by atoms with Crippen LogP contribution in [-0.4, -0.2) is 18.1 Å². The lowest BCUT2D eigenvalue weighted by Crippen LogP contribution is -2.02. The predicted octanol–water partition coefficient (Wildman–Crippen LogP) is 1.90. The Morgan fingerprint density at radius 3 is 2.73 bits per heavy atom. The summed E-state index contributed by atoms with van der Waals surface area (Å²) >= 11 is 6.21. The zero-order chi connectivity index (χ0) is 8.43. The van der Waals surface area contributed by atoms with Crippen LogP contribution in [0.1, 0.15) is 15.4 Å². The second-order valence-corrected chi connectivity index (χ2v) is 3.83. The number of carbonyl (C=O) groups is 1. The first-order valence-corrected chi connectivity index (χ1v) is 4.15. The first-order chi connectivity index (χ1) is 5.15. The highest BCUT2D eigenvalue weighted by Gasteiger charge is 2.10. The van der Waals surface area contributed by atoms with Crippen LogP contribution in [0.2, 0.25) is 0 Å². The molecule has 1 rings (SSSR count). The van der Waals surface area contributed by atoms with E-state index in [2.05, 4.69) is 9.72 Å². The highest BCUT2D eigenvalue weighted by molar-refractivity contribution is 7.73. The van der Waals surface area contributed by atoms with Crippen molar-refractivity contribution in [2.24, 2.45) is 0 Å². The van der Waals surface area contributed by atoms with E-state index in [1.54, 1.807) is 0 Å². The fourth-order valence-electron chi connectivity index (χ4n) is 0.702. The van der Waals surface area contributed by atoms with Crippen LogP contribution in [0.25, 0.3) is 0 Å². The highest BCUT2D eigenvalue weighted by atomic mass is 32.1. The van der Waals surface area contributed by atoms with E-state index >= 15 is 0 Å². The molecule has 0 unspecified atom stereocenters. The number of thiazole rings is 1. The van der Waals surface area contributed by atoms with E-state index in [9.17, 15) is 4.79 Å². The summed E-state index contributed by atoms with van der Waals surface area (Å²) in [6.45, 7) is 1.82. The van der Waals surface area contributed by atoms with Crippen LogP contribution in [0.5, 0.6) is 0 Å². The van der Waals surface area contributed by atoms with Gasteiger partial charge in [0.2, 0.25) is 0 Å². The lowest BCUT2D eigenvalue weighted by Gasteiger charge is -1.94. The van der Waals surface area contributed by atoms with Gasteiger partial charge >= 0.3 is 5.97 Å². The number of nitrogens with one attached hydrogen (secondary N) is 1. The van der Waals surface area contributed by atoms with Gasteiger partial charge < -0.3 is 9.72 Å². The van der Waals surface area contributed by atoms with E-state index in [1.807, 2.05) is 6.92 Å². The summed E-state index contributed by atoms with van der Waals surface area (Å²) in [6.07, 6.45) is 0. The van der Waals surface area contributed by atoms with Gasteiger partial charge in [-0.3, -0.25) is 0 Å². The van der Waals surface area contributed by atoms with Crippen molar-refractivity contribution in [3.63, 3.8) is 0 Å². The topological polar surface area (TPSA) is 42.1 Å². The number of hydrogen-bond acceptors (Lipinski definition) is 4. The maximum atomic E-state index is 11.0.